The number of likely N-dealkylation sites (N-methyl/N-ethyl adjacent to an activating group) is 1. The molecule has 0 aliphatic heterocycles. The molecule has 0 aliphatic rings. The summed E-state index contributed by atoms with van der Waals surface area (Å²) in [5.74, 6) is -0.142. The first-order valence-corrected chi connectivity index (χ1v) is 31.7. The van der Waals surface area contributed by atoms with Crippen LogP contribution in [0.5, 0.6) is 0 Å². The van der Waals surface area contributed by atoms with Gasteiger partial charge in [-0.3, -0.25) is 13.8 Å². The molecule has 0 rings (SSSR count). The fourth-order valence-corrected chi connectivity index (χ4v) is 9.93. The van der Waals surface area contributed by atoms with E-state index in [0.29, 0.717) is 23.9 Å². The summed E-state index contributed by atoms with van der Waals surface area (Å²) in [6.07, 6.45) is 65.2. The summed E-state index contributed by atoms with van der Waals surface area (Å²) in [4.78, 5) is 23.4. The van der Waals surface area contributed by atoms with Gasteiger partial charge in [-0.1, -0.05) is 276 Å². The number of rotatable bonds is 56. The topological polar surface area (TPSA) is 105 Å². The second-order valence-electron chi connectivity index (χ2n) is 22.1. The Kier molecular flexibility index (Phi) is 51.1. The minimum Gasteiger partial charge on any atom is -0.391 e. The standard InChI is InChI=1S/C60H119N2O6P/c1-6-8-10-12-14-16-18-20-22-24-26-28-30-32-33-35-37-39-41-43-45-47-49-51-53-59(63)58(57-68-69(65,66)67-56-55-62(3,4)5)61-60(64)54-52-50-48-46-44-42-40-38-36-34-31-29-27-25-23-21-19-17-15-13-11-9-7-2/h19,21,25,27,58-59,63H,6-18,20,22-24,26,28-57H2,1-5H3,(H-,61,64,65,66)/p+1/b21-19-,27-25-. The van der Waals surface area contributed by atoms with Crippen LogP contribution in [-0.4, -0.2) is 73.4 Å². The number of carbonyl (C=O) groups is 1. The molecule has 0 heterocycles. The maximum Gasteiger partial charge on any atom is 0.472 e. The summed E-state index contributed by atoms with van der Waals surface area (Å²) in [6.45, 7) is 4.92. The number of carbonyl (C=O) groups excluding carboxylic acids is 1. The quantitative estimate of drug-likeness (QED) is 0.0243. The predicted octanol–water partition coefficient (Wildman–Crippen LogP) is 18.4. The number of nitrogens with one attached hydrogen (secondary N) is 1. The van der Waals surface area contributed by atoms with Crippen LogP contribution in [0.15, 0.2) is 24.3 Å². The minimum absolute atomic E-state index is 0.0758. The second kappa shape index (κ2) is 51.9. The number of nitrogens with zero attached hydrogens (tertiary/aromatic N) is 1. The molecule has 1 amide bonds. The summed E-state index contributed by atoms with van der Waals surface area (Å²) in [5.41, 5.74) is 0. The SMILES string of the molecule is CCCCCCC/C=C\C/C=C\CCCCCCCCCCCCCC(=O)NC(COP(=O)(O)OCC[N+](C)(C)C)C(O)CCCCCCCCCCCCCCCCCCCCCCCCCC. The van der Waals surface area contributed by atoms with Crippen LogP contribution in [0.25, 0.3) is 0 Å². The van der Waals surface area contributed by atoms with Crippen LogP contribution in [0.4, 0.5) is 0 Å². The first-order valence-electron chi connectivity index (χ1n) is 30.2. The molecular formula is C60H120N2O6P+. The number of phosphoric ester groups is 1. The van der Waals surface area contributed by atoms with E-state index >= 15 is 0 Å². The molecule has 0 aromatic rings. The lowest BCUT2D eigenvalue weighted by Gasteiger charge is -2.26. The lowest BCUT2D eigenvalue weighted by Crippen LogP contribution is -2.46. The van der Waals surface area contributed by atoms with Crippen molar-refractivity contribution in [1.29, 1.82) is 0 Å². The molecule has 3 unspecified atom stereocenters. The van der Waals surface area contributed by atoms with Crippen molar-refractivity contribution in [2.75, 3.05) is 40.9 Å². The van der Waals surface area contributed by atoms with E-state index in [2.05, 4.69) is 43.5 Å². The molecule has 0 saturated carbocycles. The highest BCUT2D eigenvalue weighted by molar-refractivity contribution is 7.47. The van der Waals surface area contributed by atoms with E-state index in [-0.39, 0.29) is 19.1 Å². The number of aliphatic hydroxyl groups excluding tert-OH is 1. The fourth-order valence-electron chi connectivity index (χ4n) is 9.20. The summed E-state index contributed by atoms with van der Waals surface area (Å²) in [5, 5.41) is 14.1. The van der Waals surface area contributed by atoms with Crippen molar-refractivity contribution < 1.29 is 32.9 Å². The molecule has 0 aromatic carbocycles. The molecule has 0 aromatic heterocycles. The van der Waals surface area contributed by atoms with E-state index in [1.807, 2.05) is 21.1 Å². The molecule has 0 fully saturated rings. The molecule has 0 aliphatic carbocycles. The molecule has 9 heteroatoms. The van der Waals surface area contributed by atoms with Crippen molar-refractivity contribution in [3.05, 3.63) is 24.3 Å². The number of phosphoric acid groups is 1. The summed E-state index contributed by atoms with van der Waals surface area (Å²) < 4.78 is 23.8. The fraction of sp³-hybridized carbons (Fsp3) is 0.917. The van der Waals surface area contributed by atoms with Gasteiger partial charge in [0.1, 0.15) is 13.2 Å². The predicted molar refractivity (Wildman–Crippen MR) is 300 cm³/mol. The van der Waals surface area contributed by atoms with Crippen LogP contribution in [0.1, 0.15) is 303 Å². The lowest BCUT2D eigenvalue weighted by molar-refractivity contribution is -0.870. The summed E-state index contributed by atoms with van der Waals surface area (Å²) >= 11 is 0. The van der Waals surface area contributed by atoms with Gasteiger partial charge < -0.3 is 19.8 Å². The lowest BCUT2D eigenvalue weighted by atomic mass is 10.0. The largest absolute Gasteiger partial charge is 0.472 e. The zero-order valence-corrected chi connectivity index (χ0v) is 47.7. The average molecular weight is 997 g/mol. The van der Waals surface area contributed by atoms with Gasteiger partial charge in [0.05, 0.1) is 39.9 Å². The third kappa shape index (κ3) is 54.6. The molecule has 3 atom stereocenters. The maximum atomic E-state index is 13.0. The van der Waals surface area contributed by atoms with Gasteiger partial charge in [-0.25, -0.2) is 4.57 Å². The van der Waals surface area contributed by atoms with Crippen LogP contribution in [-0.2, 0) is 18.4 Å². The van der Waals surface area contributed by atoms with Gasteiger partial charge in [0, 0.05) is 6.42 Å². The third-order valence-corrected chi connectivity index (χ3v) is 14.9. The molecule has 0 spiro atoms. The van der Waals surface area contributed by atoms with E-state index in [9.17, 15) is 19.4 Å². The summed E-state index contributed by atoms with van der Waals surface area (Å²) in [7, 11) is 1.63. The van der Waals surface area contributed by atoms with Crippen molar-refractivity contribution in [1.82, 2.24) is 5.32 Å². The molecule has 0 saturated heterocycles. The Hall–Kier alpha value is -1.02. The molecular weight excluding hydrogens is 876 g/mol. The highest BCUT2D eigenvalue weighted by Crippen LogP contribution is 2.43. The molecule has 0 bridgehead atoms. The normalized spacial score (nSPS) is 14.0. The monoisotopic (exact) mass is 996 g/mol. The number of hydrogen-bond acceptors (Lipinski definition) is 5. The Balaban J connectivity index is 4.13. The van der Waals surface area contributed by atoms with Crippen LogP contribution in [0, 0.1) is 0 Å². The van der Waals surface area contributed by atoms with Gasteiger partial charge in [0.25, 0.3) is 0 Å². The first-order chi connectivity index (χ1) is 33.5. The Morgan fingerprint density at radius 3 is 1.19 bits per heavy atom. The average Bonchev–Trinajstić information content (AvgIpc) is 3.31. The van der Waals surface area contributed by atoms with Crippen LogP contribution in [0.2, 0.25) is 0 Å². The van der Waals surface area contributed by atoms with E-state index in [0.717, 1.165) is 44.9 Å². The van der Waals surface area contributed by atoms with Crippen LogP contribution in [0.3, 0.4) is 0 Å². The number of unbranched alkanes of at least 4 members (excludes halogenated alkanes) is 39. The van der Waals surface area contributed by atoms with Crippen LogP contribution < -0.4 is 5.32 Å². The van der Waals surface area contributed by atoms with Gasteiger partial charge in [0.2, 0.25) is 5.91 Å². The Bertz CT molecular complexity index is 1170. The van der Waals surface area contributed by atoms with E-state index in [1.165, 1.54) is 231 Å². The Morgan fingerprint density at radius 1 is 0.493 bits per heavy atom. The van der Waals surface area contributed by atoms with Crippen molar-refractivity contribution in [2.45, 2.75) is 315 Å². The van der Waals surface area contributed by atoms with Gasteiger partial charge in [-0.2, -0.15) is 0 Å². The maximum absolute atomic E-state index is 13.0. The Morgan fingerprint density at radius 2 is 0.826 bits per heavy atom. The molecule has 8 nitrogen and oxygen atoms in total. The third-order valence-electron chi connectivity index (χ3n) is 14.0. The second-order valence-corrected chi connectivity index (χ2v) is 23.5. The number of amides is 1. The first kappa shape index (κ1) is 68.0. The van der Waals surface area contributed by atoms with Gasteiger partial charge in [0.15, 0.2) is 0 Å². The zero-order valence-electron chi connectivity index (χ0n) is 46.8. The number of quaternary nitrogens is 1. The van der Waals surface area contributed by atoms with Gasteiger partial charge in [-0.05, 0) is 44.9 Å². The van der Waals surface area contributed by atoms with Crippen molar-refractivity contribution >= 4 is 13.7 Å². The number of aliphatic hydroxyl groups is 1. The highest BCUT2D eigenvalue weighted by atomic mass is 31.2. The van der Waals surface area contributed by atoms with E-state index in [1.54, 1.807) is 0 Å². The van der Waals surface area contributed by atoms with E-state index < -0.39 is 20.0 Å². The molecule has 0 radical (unpaired) electrons. The smallest absolute Gasteiger partial charge is 0.391 e. The van der Waals surface area contributed by atoms with Crippen molar-refractivity contribution in [2.24, 2.45) is 0 Å². The van der Waals surface area contributed by atoms with Gasteiger partial charge in [-0.15, -0.1) is 0 Å². The number of hydrogen-bond donors (Lipinski definition) is 3. The van der Waals surface area contributed by atoms with Crippen molar-refractivity contribution in [3.63, 3.8) is 0 Å². The number of allylic oxidation sites excluding steroid dienone is 4. The zero-order chi connectivity index (χ0) is 50.6. The highest BCUT2D eigenvalue weighted by Gasteiger charge is 2.28. The minimum atomic E-state index is -4.32. The molecule has 69 heavy (non-hydrogen) atoms. The Labute approximate surface area is 430 Å². The van der Waals surface area contributed by atoms with Crippen molar-refractivity contribution in [3.8, 4) is 0 Å². The van der Waals surface area contributed by atoms with Crippen LogP contribution >= 0.6 is 7.82 Å². The van der Waals surface area contributed by atoms with Gasteiger partial charge >= 0.3 is 7.82 Å². The molecule has 410 valence electrons. The molecule has 3 N–H and O–H groups in total. The van der Waals surface area contributed by atoms with E-state index in [4.69, 9.17) is 9.05 Å². The summed E-state index contributed by atoms with van der Waals surface area (Å²) in [6, 6.07) is -0.761.